The molecule has 0 aliphatic rings. The van der Waals surface area contributed by atoms with Crippen molar-refractivity contribution in [3.05, 3.63) is 89.0 Å². The number of pyridine rings is 1. The zero-order chi connectivity index (χ0) is 18.4. The number of hydrogen-bond acceptors (Lipinski definition) is 2. The maximum Gasteiger partial charge on any atom is 0.169 e. The van der Waals surface area contributed by atoms with Crippen LogP contribution in [-0.4, -0.2) is 14.6 Å². The summed E-state index contributed by atoms with van der Waals surface area (Å²) in [6.45, 7) is 2.11. The zero-order valence-corrected chi connectivity index (χ0v) is 16.3. The van der Waals surface area contributed by atoms with Gasteiger partial charge in [-0.3, -0.25) is 4.40 Å². The molecule has 0 saturated carbocycles. The zero-order valence-electron chi connectivity index (χ0n) is 14.7. The predicted molar refractivity (Wildman–Crippen MR) is 114 cm³/mol. The van der Waals surface area contributed by atoms with Crippen LogP contribution in [0.5, 0.6) is 0 Å². The summed E-state index contributed by atoms with van der Waals surface area (Å²) in [6, 6.07) is 25.2. The fourth-order valence-electron chi connectivity index (χ4n) is 3.47. The van der Waals surface area contributed by atoms with Crippen LogP contribution < -0.4 is 0 Å². The monoisotopic (exact) mass is 413 g/mol. The van der Waals surface area contributed by atoms with Gasteiger partial charge in [0.2, 0.25) is 0 Å². The third kappa shape index (κ3) is 2.73. The number of halogens is 1. The Morgan fingerprint density at radius 1 is 0.741 bits per heavy atom. The molecular weight excluding hydrogens is 398 g/mol. The topological polar surface area (TPSA) is 30.2 Å². The summed E-state index contributed by atoms with van der Waals surface area (Å²) in [4.78, 5) is 0. The lowest BCUT2D eigenvalue weighted by molar-refractivity contribution is 1.11. The summed E-state index contributed by atoms with van der Waals surface area (Å²) >= 11 is 3.50. The predicted octanol–water partition coefficient (Wildman–Crippen LogP) is 6.29. The average molecular weight is 414 g/mol. The lowest BCUT2D eigenvalue weighted by Gasteiger charge is -2.10. The van der Waals surface area contributed by atoms with Gasteiger partial charge in [0, 0.05) is 27.2 Å². The molecule has 27 heavy (non-hydrogen) atoms. The standard InChI is InChI=1S/C23H16BrN3/c1-15-6-8-16(9-7-15)21-14-27-22(17-10-12-18(24)13-11-17)25-26-23(27)20-5-3-2-4-19(20)21/h2-14H,1H3. The van der Waals surface area contributed by atoms with E-state index in [-0.39, 0.29) is 0 Å². The maximum absolute atomic E-state index is 4.50. The van der Waals surface area contributed by atoms with Gasteiger partial charge < -0.3 is 0 Å². The second kappa shape index (κ2) is 6.32. The fraction of sp³-hybridized carbons (Fsp3) is 0.0435. The molecular formula is C23H16BrN3. The van der Waals surface area contributed by atoms with Crippen LogP contribution in [0.1, 0.15) is 5.56 Å². The average Bonchev–Trinajstić information content (AvgIpc) is 3.13. The van der Waals surface area contributed by atoms with Gasteiger partial charge in [-0.05, 0) is 30.0 Å². The molecule has 0 fully saturated rings. The number of rotatable bonds is 2. The Kier molecular flexibility index (Phi) is 3.80. The number of aromatic nitrogens is 3. The number of hydrogen-bond donors (Lipinski definition) is 0. The van der Waals surface area contributed by atoms with E-state index in [4.69, 9.17) is 0 Å². The van der Waals surface area contributed by atoms with Gasteiger partial charge in [-0.2, -0.15) is 0 Å². The molecule has 3 nitrogen and oxygen atoms in total. The van der Waals surface area contributed by atoms with E-state index in [2.05, 4.69) is 104 Å². The van der Waals surface area contributed by atoms with E-state index >= 15 is 0 Å². The highest BCUT2D eigenvalue weighted by Gasteiger charge is 2.14. The highest BCUT2D eigenvalue weighted by molar-refractivity contribution is 9.10. The SMILES string of the molecule is Cc1ccc(-c2cn3c(-c4ccc(Br)cc4)nnc3c3ccccc23)cc1. The Morgan fingerprint density at radius 3 is 2.15 bits per heavy atom. The van der Waals surface area contributed by atoms with Crippen molar-refractivity contribution < 1.29 is 0 Å². The molecule has 4 heteroatoms. The Balaban J connectivity index is 1.84. The molecule has 3 aromatic carbocycles. The second-order valence-electron chi connectivity index (χ2n) is 6.68. The lowest BCUT2D eigenvalue weighted by atomic mass is 9.99. The highest BCUT2D eigenvalue weighted by atomic mass is 79.9. The maximum atomic E-state index is 4.50. The van der Waals surface area contributed by atoms with Crippen molar-refractivity contribution in [1.82, 2.24) is 14.6 Å². The van der Waals surface area contributed by atoms with E-state index in [9.17, 15) is 0 Å². The molecule has 0 N–H and O–H groups in total. The van der Waals surface area contributed by atoms with Crippen LogP contribution in [-0.2, 0) is 0 Å². The van der Waals surface area contributed by atoms with E-state index in [1.54, 1.807) is 0 Å². The molecule has 0 unspecified atom stereocenters. The molecule has 0 spiro atoms. The molecule has 5 aromatic rings. The molecule has 130 valence electrons. The van der Waals surface area contributed by atoms with Gasteiger partial charge in [0.15, 0.2) is 11.5 Å². The summed E-state index contributed by atoms with van der Waals surface area (Å²) in [6.07, 6.45) is 2.15. The van der Waals surface area contributed by atoms with Crippen molar-refractivity contribution in [1.29, 1.82) is 0 Å². The van der Waals surface area contributed by atoms with Crippen molar-refractivity contribution in [2.75, 3.05) is 0 Å². The van der Waals surface area contributed by atoms with Crippen LogP contribution in [0.25, 0.3) is 38.9 Å². The minimum Gasteiger partial charge on any atom is -0.281 e. The Labute approximate surface area is 165 Å². The number of benzene rings is 3. The molecule has 0 radical (unpaired) electrons. The summed E-state index contributed by atoms with van der Waals surface area (Å²) < 4.78 is 3.15. The van der Waals surface area contributed by atoms with Gasteiger partial charge in [0.25, 0.3) is 0 Å². The quantitative estimate of drug-likeness (QED) is 0.340. The summed E-state index contributed by atoms with van der Waals surface area (Å²) in [5, 5.41) is 11.3. The largest absolute Gasteiger partial charge is 0.281 e. The summed E-state index contributed by atoms with van der Waals surface area (Å²) in [5.41, 5.74) is 5.53. The number of fused-ring (bicyclic) bond motifs is 3. The summed E-state index contributed by atoms with van der Waals surface area (Å²) in [5.74, 6) is 0.844. The van der Waals surface area contributed by atoms with Crippen molar-refractivity contribution in [2.45, 2.75) is 6.92 Å². The van der Waals surface area contributed by atoms with Gasteiger partial charge in [0.1, 0.15) is 0 Å². The van der Waals surface area contributed by atoms with Crippen LogP contribution in [0, 0.1) is 6.92 Å². The first kappa shape index (κ1) is 16.2. The van der Waals surface area contributed by atoms with Crippen molar-refractivity contribution in [3.63, 3.8) is 0 Å². The molecule has 2 heterocycles. The lowest BCUT2D eigenvalue weighted by Crippen LogP contribution is -1.93. The van der Waals surface area contributed by atoms with Gasteiger partial charge in [0.05, 0.1) is 0 Å². The van der Waals surface area contributed by atoms with Crippen LogP contribution in [0.15, 0.2) is 83.5 Å². The van der Waals surface area contributed by atoms with Crippen LogP contribution >= 0.6 is 15.9 Å². The normalized spacial score (nSPS) is 11.3. The van der Waals surface area contributed by atoms with E-state index in [0.29, 0.717) is 0 Å². The van der Waals surface area contributed by atoms with Crippen LogP contribution in [0.2, 0.25) is 0 Å². The fourth-order valence-corrected chi connectivity index (χ4v) is 3.73. The van der Waals surface area contributed by atoms with Crippen molar-refractivity contribution >= 4 is 32.3 Å². The van der Waals surface area contributed by atoms with E-state index in [1.807, 2.05) is 12.1 Å². The number of nitrogens with zero attached hydrogens (tertiary/aromatic N) is 3. The van der Waals surface area contributed by atoms with E-state index in [0.717, 1.165) is 26.9 Å². The number of aryl methyl sites for hydroxylation is 1. The molecule has 0 atom stereocenters. The molecule has 2 aromatic heterocycles. The first-order valence-electron chi connectivity index (χ1n) is 8.80. The molecule has 0 saturated heterocycles. The Bertz CT molecular complexity index is 1270. The molecule has 5 rings (SSSR count). The summed E-state index contributed by atoms with van der Waals surface area (Å²) in [7, 11) is 0. The first-order valence-corrected chi connectivity index (χ1v) is 9.59. The Hall–Kier alpha value is -2.98. The second-order valence-corrected chi connectivity index (χ2v) is 7.59. The highest BCUT2D eigenvalue weighted by Crippen LogP contribution is 2.33. The third-order valence-corrected chi connectivity index (χ3v) is 5.41. The van der Waals surface area contributed by atoms with Gasteiger partial charge in [-0.15, -0.1) is 10.2 Å². The van der Waals surface area contributed by atoms with Gasteiger partial charge in [-0.1, -0.05) is 82.2 Å². The van der Waals surface area contributed by atoms with Crippen molar-refractivity contribution in [3.8, 4) is 22.5 Å². The van der Waals surface area contributed by atoms with Crippen LogP contribution in [0.3, 0.4) is 0 Å². The Morgan fingerprint density at radius 2 is 1.41 bits per heavy atom. The third-order valence-electron chi connectivity index (χ3n) is 4.88. The van der Waals surface area contributed by atoms with E-state index < -0.39 is 0 Å². The van der Waals surface area contributed by atoms with Gasteiger partial charge >= 0.3 is 0 Å². The molecule has 0 amide bonds. The van der Waals surface area contributed by atoms with E-state index in [1.165, 1.54) is 22.1 Å². The van der Waals surface area contributed by atoms with Crippen LogP contribution in [0.4, 0.5) is 0 Å². The molecule has 0 aliphatic heterocycles. The first-order chi connectivity index (χ1) is 13.2. The van der Waals surface area contributed by atoms with Crippen molar-refractivity contribution in [2.24, 2.45) is 0 Å². The smallest absolute Gasteiger partial charge is 0.169 e. The minimum atomic E-state index is 0.844. The minimum absolute atomic E-state index is 0.844. The molecule has 0 bridgehead atoms. The molecule has 0 aliphatic carbocycles. The van der Waals surface area contributed by atoms with Gasteiger partial charge in [-0.25, -0.2) is 0 Å².